The summed E-state index contributed by atoms with van der Waals surface area (Å²) >= 11 is 0. The molecule has 4 rings (SSSR count). The van der Waals surface area contributed by atoms with Crippen molar-refractivity contribution in [1.29, 1.82) is 0 Å². The number of hydrogen-bond acceptors (Lipinski definition) is 9. The van der Waals surface area contributed by atoms with E-state index in [-0.39, 0.29) is 43.6 Å². The lowest BCUT2D eigenvalue weighted by atomic mass is 9.89. The van der Waals surface area contributed by atoms with Crippen LogP contribution >= 0.6 is 0 Å². The van der Waals surface area contributed by atoms with E-state index in [1.165, 1.54) is 0 Å². The van der Waals surface area contributed by atoms with E-state index >= 15 is 0 Å². The fourth-order valence-corrected chi connectivity index (χ4v) is 5.43. The molecule has 0 unspecified atom stereocenters. The number of carbonyl (C=O) groups is 4. The van der Waals surface area contributed by atoms with Gasteiger partial charge in [0, 0.05) is 12.6 Å². The van der Waals surface area contributed by atoms with Gasteiger partial charge in [-0.05, 0) is 63.5 Å². The largest absolute Gasteiger partial charge is 0.458 e. The zero-order chi connectivity index (χ0) is 31.7. The molecule has 2 saturated heterocycles. The number of nitrogens with two attached hydrogens (primary N) is 1. The number of ether oxygens (including phenoxy) is 3. The van der Waals surface area contributed by atoms with Crippen LogP contribution in [0.1, 0.15) is 57.6 Å². The Morgan fingerprint density at radius 3 is 1.98 bits per heavy atom. The molecule has 2 fully saturated rings. The Hall–Kier alpha value is -4.45. The first-order valence-electron chi connectivity index (χ1n) is 14.8. The molecule has 0 saturated carbocycles. The van der Waals surface area contributed by atoms with Crippen LogP contribution in [-0.4, -0.2) is 65.2 Å². The van der Waals surface area contributed by atoms with Crippen molar-refractivity contribution in [2.75, 3.05) is 6.54 Å². The van der Waals surface area contributed by atoms with Gasteiger partial charge in [0.1, 0.15) is 24.9 Å². The minimum absolute atomic E-state index is 0.0280. The molecule has 2 aromatic carbocycles. The zero-order valence-corrected chi connectivity index (χ0v) is 25.4. The highest BCUT2D eigenvalue weighted by molar-refractivity contribution is 6.01. The highest BCUT2D eigenvalue weighted by atomic mass is 16.6. The number of rotatable bonds is 8. The molecule has 0 spiro atoms. The van der Waals surface area contributed by atoms with Gasteiger partial charge >= 0.3 is 18.2 Å². The fraction of sp³-hybridized carbons (Fsp3) is 0.469. The molecular formula is C32H41N5O7. The van der Waals surface area contributed by atoms with Crippen LogP contribution in [0.3, 0.4) is 0 Å². The molecule has 0 aliphatic carbocycles. The maximum atomic E-state index is 13.1. The van der Waals surface area contributed by atoms with E-state index in [9.17, 15) is 19.2 Å². The SMILES string of the molecule is CC(C)(C)OC(=O)[C@@H]1C[C@H](CCN=C(NC(=O)OCc2ccccc2)NC(=O)OCc2ccccc2)[C@H]2CC[C@H](N)C(=O)N21. The Morgan fingerprint density at radius 2 is 1.45 bits per heavy atom. The van der Waals surface area contributed by atoms with Gasteiger partial charge < -0.3 is 24.8 Å². The van der Waals surface area contributed by atoms with Crippen molar-refractivity contribution < 1.29 is 33.4 Å². The molecule has 0 bridgehead atoms. The molecule has 44 heavy (non-hydrogen) atoms. The molecule has 3 amide bonds. The Morgan fingerprint density at radius 1 is 0.909 bits per heavy atom. The maximum absolute atomic E-state index is 13.1. The lowest BCUT2D eigenvalue weighted by Crippen LogP contribution is -2.56. The second-order valence-electron chi connectivity index (χ2n) is 11.9. The number of aliphatic imine (C=N–C) groups is 1. The molecule has 2 heterocycles. The van der Waals surface area contributed by atoms with Crippen molar-refractivity contribution in [2.24, 2.45) is 16.6 Å². The lowest BCUT2D eigenvalue weighted by molar-refractivity contribution is -0.165. The highest BCUT2D eigenvalue weighted by Gasteiger charge is 2.50. The predicted molar refractivity (Wildman–Crippen MR) is 162 cm³/mol. The average Bonchev–Trinajstić information content (AvgIpc) is 3.36. The van der Waals surface area contributed by atoms with Gasteiger partial charge in [-0.25, -0.2) is 14.4 Å². The Balaban J connectivity index is 1.42. The van der Waals surface area contributed by atoms with Gasteiger partial charge in [0.05, 0.1) is 6.04 Å². The molecule has 0 radical (unpaired) electrons. The topological polar surface area (TPSA) is 162 Å². The number of benzene rings is 2. The van der Waals surface area contributed by atoms with Gasteiger partial charge in [-0.15, -0.1) is 0 Å². The quantitative estimate of drug-likeness (QED) is 0.177. The van der Waals surface area contributed by atoms with Crippen LogP contribution in [0.15, 0.2) is 65.7 Å². The van der Waals surface area contributed by atoms with E-state index in [0.717, 1.165) is 11.1 Å². The number of esters is 1. The Kier molecular flexibility index (Phi) is 10.9. The van der Waals surface area contributed by atoms with Gasteiger partial charge in [-0.2, -0.15) is 0 Å². The van der Waals surface area contributed by atoms with Crippen molar-refractivity contribution in [3.63, 3.8) is 0 Å². The standard InChI is InChI=1S/C32H41N5O7/c1-32(2,3)44-28(39)26-18-23(25-15-14-24(33)27(38)37(25)26)16-17-34-29(35-30(40)42-19-21-10-6-4-7-11-21)36-31(41)43-20-22-12-8-5-9-13-22/h4-13,23-26H,14-20,33H2,1-3H3,(H2,34,35,36,40,41)/t23-,24-,25+,26-/m0/s1. The monoisotopic (exact) mass is 607 g/mol. The van der Waals surface area contributed by atoms with Crippen molar-refractivity contribution >= 4 is 30.0 Å². The molecule has 0 aromatic heterocycles. The highest BCUT2D eigenvalue weighted by Crippen LogP contribution is 2.39. The molecular weight excluding hydrogens is 566 g/mol. The van der Waals surface area contributed by atoms with Gasteiger partial charge in [0.25, 0.3) is 0 Å². The molecule has 12 heteroatoms. The van der Waals surface area contributed by atoms with Crippen molar-refractivity contribution in [1.82, 2.24) is 15.5 Å². The summed E-state index contributed by atoms with van der Waals surface area (Å²) in [4.78, 5) is 57.3. The van der Waals surface area contributed by atoms with Gasteiger partial charge in [-0.3, -0.25) is 20.4 Å². The Bertz CT molecular complexity index is 1270. The number of nitrogens with zero attached hydrogens (tertiary/aromatic N) is 2. The van der Waals surface area contributed by atoms with Crippen molar-refractivity contribution in [3.05, 3.63) is 71.8 Å². The van der Waals surface area contributed by atoms with Crippen LogP contribution in [0, 0.1) is 5.92 Å². The summed E-state index contributed by atoms with van der Waals surface area (Å²) in [7, 11) is 0. The number of nitrogens with one attached hydrogen (secondary N) is 2. The number of fused-ring (bicyclic) bond motifs is 1. The summed E-state index contributed by atoms with van der Waals surface area (Å²) in [5, 5.41) is 4.97. The smallest absolute Gasteiger partial charge is 0.414 e. The van der Waals surface area contributed by atoms with Crippen LogP contribution in [0.4, 0.5) is 9.59 Å². The molecule has 2 aliphatic rings. The molecule has 12 nitrogen and oxygen atoms in total. The number of alkyl carbamates (subject to hydrolysis) is 2. The molecule has 236 valence electrons. The number of hydrogen-bond donors (Lipinski definition) is 3. The van der Waals surface area contributed by atoms with Crippen LogP contribution in [0.5, 0.6) is 0 Å². The van der Waals surface area contributed by atoms with E-state index in [1.807, 2.05) is 60.7 Å². The molecule has 4 atom stereocenters. The van der Waals surface area contributed by atoms with Gasteiger partial charge in [-0.1, -0.05) is 60.7 Å². The predicted octanol–water partition coefficient (Wildman–Crippen LogP) is 3.63. The minimum Gasteiger partial charge on any atom is -0.458 e. The van der Waals surface area contributed by atoms with E-state index < -0.39 is 35.8 Å². The van der Waals surface area contributed by atoms with Gasteiger partial charge in [0.2, 0.25) is 11.9 Å². The molecule has 2 aliphatic heterocycles. The second-order valence-corrected chi connectivity index (χ2v) is 11.9. The third-order valence-electron chi connectivity index (χ3n) is 7.42. The first-order chi connectivity index (χ1) is 21.0. The number of amides is 3. The molecule has 4 N–H and O–H groups in total. The van der Waals surface area contributed by atoms with E-state index in [1.54, 1.807) is 25.7 Å². The number of carbonyl (C=O) groups excluding carboxylic acids is 4. The lowest BCUT2D eigenvalue weighted by Gasteiger charge is -2.38. The van der Waals surface area contributed by atoms with Crippen LogP contribution in [0.2, 0.25) is 0 Å². The zero-order valence-electron chi connectivity index (χ0n) is 25.4. The fourth-order valence-electron chi connectivity index (χ4n) is 5.43. The summed E-state index contributed by atoms with van der Waals surface area (Å²) in [6, 6.07) is 16.7. The third-order valence-corrected chi connectivity index (χ3v) is 7.42. The van der Waals surface area contributed by atoms with E-state index in [2.05, 4.69) is 15.6 Å². The first-order valence-corrected chi connectivity index (χ1v) is 14.8. The van der Waals surface area contributed by atoms with Crippen LogP contribution < -0.4 is 16.4 Å². The van der Waals surface area contributed by atoms with Crippen molar-refractivity contribution in [2.45, 2.75) is 83.4 Å². The summed E-state index contributed by atoms with van der Waals surface area (Å²) < 4.78 is 16.2. The van der Waals surface area contributed by atoms with Crippen molar-refractivity contribution in [3.8, 4) is 0 Å². The summed E-state index contributed by atoms with van der Waals surface area (Å²) in [6.07, 6.45) is 0.451. The Labute approximate surface area is 257 Å². The van der Waals surface area contributed by atoms with E-state index in [0.29, 0.717) is 25.7 Å². The molecule has 2 aromatic rings. The number of piperidine rings is 1. The summed E-state index contributed by atoms with van der Waals surface area (Å²) in [5.74, 6) is -0.915. The normalized spacial score (nSPS) is 21.1. The van der Waals surface area contributed by atoms with E-state index in [4.69, 9.17) is 19.9 Å². The summed E-state index contributed by atoms with van der Waals surface area (Å²) in [6.45, 7) is 5.59. The van der Waals surface area contributed by atoms with Gasteiger partial charge in [0.15, 0.2) is 0 Å². The second kappa shape index (κ2) is 14.8. The maximum Gasteiger partial charge on any atom is 0.414 e. The minimum atomic E-state index is -0.806. The average molecular weight is 608 g/mol. The van der Waals surface area contributed by atoms with Crippen LogP contribution in [0.25, 0.3) is 0 Å². The van der Waals surface area contributed by atoms with Crippen LogP contribution in [-0.2, 0) is 37.0 Å². The first kappa shape index (κ1) is 32.5. The summed E-state index contributed by atoms with van der Waals surface area (Å²) in [5.41, 5.74) is 6.94. The number of guanidine groups is 1. The third kappa shape index (κ3) is 9.27.